The van der Waals surface area contributed by atoms with Crippen LogP contribution in [0.2, 0.25) is 0 Å². The minimum absolute atomic E-state index is 0.0124. The molecule has 4 heterocycles. The number of carbonyl (C=O) groups is 1. The molecular weight excluding hydrogens is 531 g/mol. The fourth-order valence-corrected chi connectivity index (χ4v) is 7.19. The predicted molar refractivity (Wildman–Crippen MR) is 144 cm³/mol. The topological polar surface area (TPSA) is 99.8 Å². The molecule has 8 nitrogen and oxygen atoms in total. The Balaban J connectivity index is 1.25. The molecule has 2 saturated carbocycles. The van der Waals surface area contributed by atoms with Crippen molar-refractivity contribution in [3.8, 4) is 11.1 Å². The van der Waals surface area contributed by atoms with E-state index in [1.54, 1.807) is 4.90 Å². The monoisotopic (exact) mass is 555 g/mol. The van der Waals surface area contributed by atoms with Crippen molar-refractivity contribution < 1.29 is 18.0 Å². The molecule has 206 valence electrons. The van der Waals surface area contributed by atoms with E-state index >= 15 is 4.39 Å². The lowest BCUT2D eigenvalue weighted by Gasteiger charge is -2.43. The maximum absolute atomic E-state index is 15.3. The lowest BCUT2D eigenvalue weighted by molar-refractivity contribution is -0.126. The van der Waals surface area contributed by atoms with Gasteiger partial charge in [-0.05, 0) is 65.2 Å². The summed E-state index contributed by atoms with van der Waals surface area (Å²) in [4.78, 5) is 27.1. The molecule has 0 N–H and O–H groups in total. The minimum Gasteiger partial charge on any atom is -0.331 e. The fourth-order valence-electron chi connectivity index (χ4n) is 7.19. The average molecular weight is 556 g/mol. The molecule has 2 aromatic carbocycles. The summed E-state index contributed by atoms with van der Waals surface area (Å²) < 4.78 is 45.0. The van der Waals surface area contributed by atoms with Gasteiger partial charge in [-0.15, -0.1) is 0 Å². The number of alkyl halides is 2. The van der Waals surface area contributed by atoms with Gasteiger partial charge in [0.05, 0.1) is 28.8 Å². The molecule has 11 heteroatoms. The van der Waals surface area contributed by atoms with E-state index in [-0.39, 0.29) is 23.7 Å². The summed E-state index contributed by atoms with van der Waals surface area (Å²) in [5.41, 5.74) is 12.8. The molecule has 1 amide bonds. The molecule has 2 aliphatic heterocycles. The van der Waals surface area contributed by atoms with E-state index in [2.05, 4.69) is 25.6 Å². The van der Waals surface area contributed by atoms with Gasteiger partial charge in [0.25, 0.3) is 5.91 Å². The van der Waals surface area contributed by atoms with Crippen molar-refractivity contribution in [1.29, 1.82) is 0 Å². The first kappa shape index (κ1) is 24.4. The summed E-state index contributed by atoms with van der Waals surface area (Å²) >= 11 is 0. The predicted octanol–water partition coefficient (Wildman–Crippen LogP) is 7.17. The summed E-state index contributed by atoms with van der Waals surface area (Å²) in [6.45, 7) is 0. The van der Waals surface area contributed by atoms with E-state index in [4.69, 9.17) is 10.5 Å². The van der Waals surface area contributed by atoms with Crippen molar-refractivity contribution in [2.45, 2.75) is 61.6 Å². The third kappa shape index (κ3) is 3.41. The van der Waals surface area contributed by atoms with Crippen LogP contribution in [0.4, 0.5) is 13.2 Å². The summed E-state index contributed by atoms with van der Waals surface area (Å²) in [7, 11) is 1.83. The van der Waals surface area contributed by atoms with Crippen molar-refractivity contribution >= 4 is 16.9 Å². The zero-order chi connectivity index (χ0) is 28.3. The second kappa shape index (κ2) is 8.10. The number of benzene rings is 2. The number of hydrogen-bond donors (Lipinski definition) is 0. The van der Waals surface area contributed by atoms with Gasteiger partial charge in [-0.25, -0.2) is 18.2 Å². The van der Waals surface area contributed by atoms with Gasteiger partial charge in [-0.2, -0.15) is 0 Å². The van der Waals surface area contributed by atoms with E-state index in [1.165, 1.54) is 17.8 Å². The van der Waals surface area contributed by atoms with Gasteiger partial charge >= 0.3 is 0 Å². The summed E-state index contributed by atoms with van der Waals surface area (Å²) in [6.07, 6.45) is 2.86. The molecule has 8 rings (SSSR count). The lowest BCUT2D eigenvalue weighted by Crippen LogP contribution is -2.48. The molecule has 0 saturated heterocycles. The van der Waals surface area contributed by atoms with Crippen LogP contribution in [-0.4, -0.2) is 38.3 Å². The Labute approximate surface area is 232 Å². The number of aromatic nitrogens is 3. The van der Waals surface area contributed by atoms with E-state index < -0.39 is 30.1 Å². The Morgan fingerprint density at radius 1 is 1.10 bits per heavy atom. The Morgan fingerprint density at radius 2 is 1.90 bits per heavy atom. The highest BCUT2D eigenvalue weighted by Gasteiger charge is 2.59. The van der Waals surface area contributed by atoms with Crippen LogP contribution in [0, 0.1) is 5.82 Å². The van der Waals surface area contributed by atoms with Gasteiger partial charge in [-0.1, -0.05) is 23.3 Å². The smallest absolute Gasteiger partial charge is 0.254 e. The highest BCUT2D eigenvalue weighted by Crippen LogP contribution is 2.55. The van der Waals surface area contributed by atoms with E-state index in [0.717, 1.165) is 47.2 Å². The zero-order valence-corrected chi connectivity index (χ0v) is 22.1. The third-order valence-electron chi connectivity index (χ3n) is 9.24. The average Bonchev–Trinajstić information content (AvgIpc) is 3.64. The molecule has 2 fully saturated rings. The van der Waals surface area contributed by atoms with Gasteiger partial charge in [0.1, 0.15) is 17.2 Å². The van der Waals surface area contributed by atoms with Crippen LogP contribution in [0.15, 0.2) is 53.8 Å². The van der Waals surface area contributed by atoms with Crippen LogP contribution in [0.3, 0.4) is 0 Å². The fraction of sp³-hybridized carbons (Fsp3) is 0.367. The Morgan fingerprint density at radius 3 is 2.61 bits per heavy atom. The van der Waals surface area contributed by atoms with Gasteiger partial charge in [0.15, 0.2) is 0 Å². The number of nitrogens with zero attached hydrogens (tertiary/aromatic N) is 7. The van der Waals surface area contributed by atoms with E-state index in [9.17, 15) is 13.6 Å². The Kier molecular flexibility index (Phi) is 4.83. The number of azide groups is 1. The van der Waals surface area contributed by atoms with Crippen molar-refractivity contribution in [3.63, 3.8) is 0 Å². The van der Waals surface area contributed by atoms with Crippen molar-refractivity contribution in [1.82, 2.24) is 19.4 Å². The first-order valence-electron chi connectivity index (χ1n) is 13.7. The first-order valence-corrected chi connectivity index (χ1v) is 13.7. The van der Waals surface area contributed by atoms with Gasteiger partial charge in [0.2, 0.25) is 5.92 Å². The number of halogens is 3. The van der Waals surface area contributed by atoms with Crippen molar-refractivity contribution in [2.24, 2.45) is 5.11 Å². The summed E-state index contributed by atoms with van der Waals surface area (Å²) in [5, 5.41) is 3.51. The molecular formula is C30H24F3N7O. The molecule has 0 spiro atoms. The van der Waals surface area contributed by atoms with Crippen molar-refractivity contribution in [3.05, 3.63) is 93.1 Å². The molecule has 2 aromatic heterocycles. The molecule has 41 heavy (non-hydrogen) atoms. The van der Waals surface area contributed by atoms with Crippen LogP contribution in [0.25, 0.3) is 32.6 Å². The van der Waals surface area contributed by atoms with Crippen molar-refractivity contribution in [2.75, 3.05) is 7.05 Å². The highest BCUT2D eigenvalue weighted by molar-refractivity contribution is 5.97. The molecule has 4 aliphatic rings. The first-order chi connectivity index (χ1) is 19.7. The van der Waals surface area contributed by atoms with Gasteiger partial charge < -0.3 is 9.47 Å². The van der Waals surface area contributed by atoms with Crippen LogP contribution < -0.4 is 0 Å². The normalized spacial score (nSPS) is 23.4. The summed E-state index contributed by atoms with van der Waals surface area (Å²) in [5.74, 6) is -2.51. The molecule has 0 unspecified atom stereocenters. The second-order valence-electron chi connectivity index (χ2n) is 11.8. The van der Waals surface area contributed by atoms with Gasteiger partial charge in [0, 0.05) is 48.5 Å². The Hall–Kier alpha value is -4.37. The summed E-state index contributed by atoms with van der Waals surface area (Å²) in [6, 6.07) is 12.7. The molecule has 2 aliphatic carbocycles. The minimum atomic E-state index is -3.03. The largest absolute Gasteiger partial charge is 0.331 e. The number of pyridine rings is 1. The maximum atomic E-state index is 15.3. The number of imidazole rings is 1. The van der Waals surface area contributed by atoms with Gasteiger partial charge in [-0.3, -0.25) is 9.78 Å². The molecule has 2 atom stereocenters. The lowest BCUT2D eigenvalue weighted by atomic mass is 9.71. The van der Waals surface area contributed by atoms with E-state index in [0.29, 0.717) is 17.0 Å². The maximum Gasteiger partial charge on any atom is 0.254 e. The van der Waals surface area contributed by atoms with E-state index in [1.807, 2.05) is 37.4 Å². The number of carbonyl (C=O) groups excluding carboxylic acids is 1. The van der Waals surface area contributed by atoms with Crippen LogP contribution >= 0.6 is 0 Å². The van der Waals surface area contributed by atoms with Crippen LogP contribution in [0.5, 0.6) is 0 Å². The Bertz CT molecular complexity index is 1850. The van der Waals surface area contributed by atoms with Crippen LogP contribution in [0.1, 0.15) is 83.1 Å². The molecule has 0 radical (unpaired) electrons. The third-order valence-corrected chi connectivity index (χ3v) is 9.24. The van der Waals surface area contributed by atoms with Crippen LogP contribution in [-0.2, 0) is 5.54 Å². The number of hydrogen-bond acceptors (Lipinski definition) is 4. The SMILES string of the molecule is CN1C(=O)c2cccc(C3CC3)c2[C@H]2C[C@@H]1c1nc3ccc(-c4cnc(C5(N=[N+]=[N-])CC(F)(F)C5)c(F)c4)cc3n12. The quantitative estimate of drug-likeness (QED) is 0.152. The number of amides is 1. The standard InChI is InChI=1S/C30H24F3N7O/c1-39-24-11-23(25-18(15-5-6-15)3-2-4-19(25)28(39)41)40-22-10-16(7-8-21(22)36-27(24)40)17-9-20(31)26(35-12-17)29(37-38-34)13-30(32,33)14-29/h2-4,7-10,12,15,23-24H,5-6,11,13-14H2,1H3/t23-,24-/m1/s1. The molecule has 2 bridgehead atoms. The molecule has 4 aromatic rings. The number of fused-ring (bicyclic) bond motifs is 9. The highest BCUT2D eigenvalue weighted by atomic mass is 19.3. The zero-order valence-electron chi connectivity index (χ0n) is 22.1. The number of rotatable bonds is 4. The second-order valence-corrected chi connectivity index (χ2v) is 11.8.